The average Bonchev–Trinajstić information content (AvgIpc) is 2.25. The van der Waals surface area contributed by atoms with Gasteiger partial charge in [0.1, 0.15) is 6.61 Å². The highest BCUT2D eigenvalue weighted by Crippen LogP contribution is 2.34. The third-order valence-electron chi connectivity index (χ3n) is 3.69. The second kappa shape index (κ2) is 6.05. The van der Waals surface area contributed by atoms with Gasteiger partial charge in [0.15, 0.2) is 0 Å². The number of ether oxygens (including phenoxy) is 1. The summed E-state index contributed by atoms with van der Waals surface area (Å²) in [5.74, 6) is 0.739. The van der Waals surface area contributed by atoms with E-state index in [0.29, 0.717) is 6.42 Å². The molecule has 0 unspecified atom stereocenters. The van der Waals surface area contributed by atoms with Crippen LogP contribution in [-0.4, -0.2) is 24.9 Å². The summed E-state index contributed by atoms with van der Waals surface area (Å²) >= 11 is 0. The van der Waals surface area contributed by atoms with Gasteiger partial charge in [0.25, 0.3) is 0 Å². The highest BCUT2D eigenvalue weighted by atomic mass is 19.4. The molecule has 1 aliphatic rings. The van der Waals surface area contributed by atoms with E-state index in [1.165, 1.54) is 6.42 Å². The lowest BCUT2D eigenvalue weighted by Gasteiger charge is -2.37. The molecule has 1 saturated carbocycles. The smallest absolute Gasteiger partial charge is 0.372 e. The minimum absolute atomic E-state index is 0.104. The number of nitrogens with two attached hydrogens (primary N) is 1. The lowest BCUT2D eigenvalue weighted by atomic mass is 9.75. The van der Waals surface area contributed by atoms with Gasteiger partial charge >= 0.3 is 6.18 Å². The average molecular weight is 253 g/mol. The van der Waals surface area contributed by atoms with Crippen molar-refractivity contribution in [3.05, 3.63) is 0 Å². The number of rotatable bonds is 5. The summed E-state index contributed by atoms with van der Waals surface area (Å²) in [6.45, 7) is 1.11. The van der Waals surface area contributed by atoms with Crippen molar-refractivity contribution in [2.45, 2.75) is 57.2 Å². The molecule has 0 heterocycles. The van der Waals surface area contributed by atoms with Gasteiger partial charge in [-0.2, -0.15) is 13.2 Å². The van der Waals surface area contributed by atoms with Crippen molar-refractivity contribution < 1.29 is 17.9 Å². The normalized spacial score (nSPS) is 30.5. The zero-order valence-corrected chi connectivity index (χ0v) is 10.4. The van der Waals surface area contributed by atoms with Crippen LogP contribution in [0.15, 0.2) is 0 Å². The molecule has 0 aromatic rings. The molecule has 0 atom stereocenters. The van der Waals surface area contributed by atoms with E-state index in [1.807, 2.05) is 0 Å². The Morgan fingerprint density at radius 3 is 2.35 bits per heavy atom. The van der Waals surface area contributed by atoms with E-state index in [2.05, 4.69) is 11.7 Å². The third-order valence-corrected chi connectivity index (χ3v) is 3.69. The van der Waals surface area contributed by atoms with E-state index in [-0.39, 0.29) is 12.1 Å². The third kappa shape index (κ3) is 5.73. The first kappa shape index (κ1) is 14.8. The van der Waals surface area contributed by atoms with Gasteiger partial charge in [0.05, 0.1) is 0 Å². The summed E-state index contributed by atoms with van der Waals surface area (Å²) in [5, 5.41) is 0. The summed E-state index contributed by atoms with van der Waals surface area (Å²) < 4.78 is 40.2. The van der Waals surface area contributed by atoms with Crippen LogP contribution in [0.1, 0.15) is 45.4 Å². The molecule has 0 aliphatic heterocycles. The van der Waals surface area contributed by atoms with Crippen molar-refractivity contribution in [1.82, 2.24) is 0 Å². The molecule has 1 aliphatic carbocycles. The highest BCUT2D eigenvalue weighted by molar-refractivity contribution is 4.89. The van der Waals surface area contributed by atoms with Crippen LogP contribution in [-0.2, 0) is 4.74 Å². The Labute approximate surface area is 101 Å². The van der Waals surface area contributed by atoms with Gasteiger partial charge in [0, 0.05) is 12.1 Å². The fraction of sp³-hybridized carbons (Fsp3) is 1.00. The maximum absolute atomic E-state index is 11.9. The first-order valence-electron chi connectivity index (χ1n) is 6.28. The molecular weight excluding hydrogens is 231 g/mol. The van der Waals surface area contributed by atoms with Gasteiger partial charge in [0.2, 0.25) is 0 Å². The second-order valence-electron chi connectivity index (χ2n) is 5.13. The maximum atomic E-state index is 11.9. The van der Waals surface area contributed by atoms with E-state index in [9.17, 15) is 13.2 Å². The van der Waals surface area contributed by atoms with Gasteiger partial charge in [-0.3, -0.25) is 0 Å². The summed E-state index contributed by atoms with van der Waals surface area (Å²) in [5.41, 5.74) is 5.86. The van der Waals surface area contributed by atoms with Crippen LogP contribution < -0.4 is 5.73 Å². The van der Waals surface area contributed by atoms with Crippen LogP contribution in [0, 0.1) is 5.92 Å². The lowest BCUT2D eigenvalue weighted by molar-refractivity contribution is -0.175. The Balaban J connectivity index is 2.18. The summed E-state index contributed by atoms with van der Waals surface area (Å²) in [6, 6.07) is 0. The zero-order valence-electron chi connectivity index (χ0n) is 10.4. The van der Waals surface area contributed by atoms with Crippen LogP contribution in [0.2, 0.25) is 0 Å². The number of hydrogen-bond acceptors (Lipinski definition) is 2. The van der Waals surface area contributed by atoms with Crippen molar-refractivity contribution in [2.75, 3.05) is 13.2 Å². The molecule has 1 fully saturated rings. The largest absolute Gasteiger partial charge is 0.411 e. The Kier molecular flexibility index (Phi) is 5.25. The quantitative estimate of drug-likeness (QED) is 0.763. The molecule has 0 aromatic carbocycles. The maximum Gasteiger partial charge on any atom is 0.411 e. The standard InChI is InChI=1S/C12H22F3NO/c1-2-10-3-5-11(16,6-4-10)7-8-17-9-12(13,14)15/h10H,2-9,16H2,1H3. The van der Waals surface area contributed by atoms with E-state index < -0.39 is 12.8 Å². The van der Waals surface area contributed by atoms with Crippen LogP contribution in [0.5, 0.6) is 0 Å². The van der Waals surface area contributed by atoms with Crippen molar-refractivity contribution >= 4 is 0 Å². The highest BCUT2D eigenvalue weighted by Gasteiger charge is 2.32. The van der Waals surface area contributed by atoms with E-state index in [4.69, 9.17) is 5.73 Å². The van der Waals surface area contributed by atoms with Crippen LogP contribution >= 0.6 is 0 Å². The molecule has 2 nitrogen and oxygen atoms in total. The molecule has 0 radical (unpaired) electrons. The van der Waals surface area contributed by atoms with Gasteiger partial charge in [-0.15, -0.1) is 0 Å². The first-order valence-corrected chi connectivity index (χ1v) is 6.28. The number of hydrogen-bond donors (Lipinski definition) is 1. The van der Waals surface area contributed by atoms with Crippen molar-refractivity contribution in [1.29, 1.82) is 0 Å². The van der Waals surface area contributed by atoms with Crippen LogP contribution in [0.4, 0.5) is 13.2 Å². The molecule has 0 saturated heterocycles. The SMILES string of the molecule is CCC1CCC(N)(CCOCC(F)(F)F)CC1. The van der Waals surface area contributed by atoms with Gasteiger partial charge in [-0.05, 0) is 38.0 Å². The van der Waals surface area contributed by atoms with Gasteiger partial charge in [-0.1, -0.05) is 13.3 Å². The molecule has 5 heteroatoms. The molecule has 17 heavy (non-hydrogen) atoms. The molecule has 0 aromatic heterocycles. The van der Waals surface area contributed by atoms with Crippen molar-refractivity contribution in [2.24, 2.45) is 11.7 Å². The minimum atomic E-state index is -4.23. The molecule has 1 rings (SSSR count). The molecular formula is C12H22F3NO. The Morgan fingerprint density at radius 1 is 1.29 bits per heavy atom. The predicted molar refractivity (Wildman–Crippen MR) is 60.7 cm³/mol. The molecule has 0 amide bonds. The van der Waals surface area contributed by atoms with Gasteiger partial charge < -0.3 is 10.5 Å². The minimum Gasteiger partial charge on any atom is -0.372 e. The van der Waals surface area contributed by atoms with E-state index in [1.54, 1.807) is 0 Å². The van der Waals surface area contributed by atoms with Crippen LogP contribution in [0.3, 0.4) is 0 Å². The monoisotopic (exact) mass is 253 g/mol. The fourth-order valence-corrected chi connectivity index (χ4v) is 2.37. The van der Waals surface area contributed by atoms with Crippen LogP contribution in [0.25, 0.3) is 0 Å². The Morgan fingerprint density at radius 2 is 1.88 bits per heavy atom. The number of halogens is 3. The van der Waals surface area contributed by atoms with Crippen molar-refractivity contribution in [3.63, 3.8) is 0 Å². The predicted octanol–water partition coefficient (Wildman–Crippen LogP) is 3.25. The molecule has 2 N–H and O–H groups in total. The zero-order chi connectivity index (χ0) is 12.9. The van der Waals surface area contributed by atoms with Crippen molar-refractivity contribution in [3.8, 4) is 0 Å². The summed E-state index contributed by atoms with van der Waals surface area (Å²) in [7, 11) is 0. The first-order chi connectivity index (χ1) is 7.85. The van der Waals surface area contributed by atoms with E-state index >= 15 is 0 Å². The molecule has 0 spiro atoms. The number of alkyl halides is 3. The van der Waals surface area contributed by atoms with E-state index in [0.717, 1.165) is 31.6 Å². The van der Waals surface area contributed by atoms with Gasteiger partial charge in [-0.25, -0.2) is 0 Å². The lowest BCUT2D eigenvalue weighted by Crippen LogP contribution is -2.44. The molecule has 0 bridgehead atoms. The Bertz CT molecular complexity index is 222. The Hall–Kier alpha value is -0.290. The summed E-state index contributed by atoms with van der Waals surface area (Å²) in [4.78, 5) is 0. The topological polar surface area (TPSA) is 35.2 Å². The second-order valence-corrected chi connectivity index (χ2v) is 5.13. The summed E-state index contributed by atoms with van der Waals surface area (Å²) in [6.07, 6.45) is 1.45. The fourth-order valence-electron chi connectivity index (χ4n) is 2.37. The molecule has 102 valence electrons.